The van der Waals surface area contributed by atoms with E-state index in [-0.39, 0.29) is 31.2 Å². The minimum absolute atomic E-state index is 0.0950. The minimum atomic E-state index is -2.57. The smallest absolute Gasteiger partial charge is 0.262 e. The zero-order valence-corrected chi connectivity index (χ0v) is 13.5. The van der Waals surface area contributed by atoms with E-state index in [9.17, 15) is 13.6 Å². The summed E-state index contributed by atoms with van der Waals surface area (Å²) in [5, 5.41) is 8.45. The molecule has 1 amide bonds. The molecule has 1 aliphatic carbocycles. The summed E-state index contributed by atoms with van der Waals surface area (Å²) in [5.74, 6) is -2.11. The Morgan fingerprint density at radius 3 is 2.87 bits per heavy atom. The van der Waals surface area contributed by atoms with Crippen LogP contribution in [0.15, 0.2) is 16.0 Å². The summed E-state index contributed by atoms with van der Waals surface area (Å²) in [6, 6.07) is 1.88. The molecule has 124 valence electrons. The van der Waals surface area contributed by atoms with Gasteiger partial charge >= 0.3 is 0 Å². The molecule has 0 unspecified atom stereocenters. The van der Waals surface area contributed by atoms with Gasteiger partial charge in [0.2, 0.25) is 11.8 Å². The van der Waals surface area contributed by atoms with E-state index in [1.807, 2.05) is 18.4 Å². The van der Waals surface area contributed by atoms with Gasteiger partial charge in [-0.25, -0.2) is 8.78 Å². The van der Waals surface area contributed by atoms with Crippen molar-refractivity contribution < 1.29 is 18.1 Å². The fraction of sp³-hybridized carbons (Fsp3) is 0.533. The van der Waals surface area contributed by atoms with Crippen LogP contribution in [0.25, 0.3) is 0 Å². The number of aromatic nitrogens is 2. The number of alkyl halides is 2. The van der Waals surface area contributed by atoms with Crippen molar-refractivity contribution in [3.05, 3.63) is 33.6 Å². The first-order valence-electron chi connectivity index (χ1n) is 7.47. The summed E-state index contributed by atoms with van der Waals surface area (Å²) in [7, 11) is 0. The van der Waals surface area contributed by atoms with E-state index in [2.05, 4.69) is 15.5 Å². The summed E-state index contributed by atoms with van der Waals surface area (Å²) in [5.41, 5.74) is 0.918. The van der Waals surface area contributed by atoms with Gasteiger partial charge in [0, 0.05) is 18.8 Å². The van der Waals surface area contributed by atoms with E-state index in [1.54, 1.807) is 0 Å². The number of aryl methyl sites for hydroxylation is 1. The molecule has 8 heteroatoms. The number of rotatable bonds is 4. The highest BCUT2D eigenvalue weighted by atomic mass is 32.1. The van der Waals surface area contributed by atoms with Crippen molar-refractivity contribution in [2.75, 3.05) is 0 Å². The first kappa shape index (κ1) is 16.0. The van der Waals surface area contributed by atoms with Crippen molar-refractivity contribution in [2.24, 2.45) is 0 Å². The normalized spacial score (nSPS) is 18.0. The lowest BCUT2D eigenvalue weighted by Crippen LogP contribution is -2.24. The fourth-order valence-electron chi connectivity index (χ4n) is 2.65. The minimum Gasteiger partial charge on any atom is -0.342 e. The number of hydrogen-bond acceptors (Lipinski definition) is 5. The zero-order valence-electron chi connectivity index (χ0n) is 12.6. The molecule has 0 saturated heterocycles. The monoisotopic (exact) mass is 341 g/mol. The van der Waals surface area contributed by atoms with E-state index < -0.39 is 5.92 Å². The predicted molar refractivity (Wildman–Crippen MR) is 80.7 cm³/mol. The summed E-state index contributed by atoms with van der Waals surface area (Å²) in [6.07, 6.45) is 0.422. The zero-order chi connectivity index (χ0) is 16.4. The van der Waals surface area contributed by atoms with Crippen LogP contribution in [0.2, 0.25) is 0 Å². The maximum Gasteiger partial charge on any atom is 0.262 e. The van der Waals surface area contributed by atoms with E-state index in [4.69, 9.17) is 4.52 Å². The molecule has 0 aromatic carbocycles. The summed E-state index contributed by atoms with van der Waals surface area (Å²) >= 11 is 1.37. The lowest BCUT2D eigenvalue weighted by atomic mass is 9.86. The summed E-state index contributed by atoms with van der Waals surface area (Å²) in [4.78, 5) is 16.9. The van der Waals surface area contributed by atoms with Crippen LogP contribution in [0.3, 0.4) is 0 Å². The van der Waals surface area contributed by atoms with Crippen LogP contribution >= 0.6 is 11.3 Å². The third-order valence-electron chi connectivity index (χ3n) is 4.03. The highest BCUT2D eigenvalue weighted by Gasteiger charge is 2.36. The van der Waals surface area contributed by atoms with Gasteiger partial charge in [-0.15, -0.1) is 11.3 Å². The van der Waals surface area contributed by atoms with Gasteiger partial charge in [0.05, 0.1) is 11.4 Å². The van der Waals surface area contributed by atoms with Crippen LogP contribution in [0.4, 0.5) is 8.78 Å². The third kappa shape index (κ3) is 3.74. The Morgan fingerprint density at radius 2 is 2.22 bits per heavy atom. The van der Waals surface area contributed by atoms with E-state index in [1.165, 1.54) is 11.3 Å². The standard InChI is InChI=1S/C15H17F2N3O2S/c1-9-4-7-23-12(9)14(21)18-8-11-19-13(20-22-11)10-2-5-15(16,17)6-3-10/h4,7,10H,2-3,5-6,8H2,1H3,(H,18,21). The highest BCUT2D eigenvalue weighted by Crippen LogP contribution is 2.39. The molecular formula is C15H17F2N3O2S. The maximum atomic E-state index is 13.2. The number of nitrogens with zero attached hydrogens (tertiary/aromatic N) is 2. The lowest BCUT2D eigenvalue weighted by Gasteiger charge is -2.26. The Kier molecular flexibility index (Phi) is 4.43. The summed E-state index contributed by atoms with van der Waals surface area (Å²) in [6.45, 7) is 2.00. The molecule has 23 heavy (non-hydrogen) atoms. The van der Waals surface area contributed by atoms with Gasteiger partial charge in [-0.3, -0.25) is 4.79 Å². The van der Waals surface area contributed by atoms with Crippen LogP contribution in [0.1, 0.15) is 58.6 Å². The molecule has 0 atom stereocenters. The number of hydrogen-bond donors (Lipinski definition) is 1. The van der Waals surface area contributed by atoms with Crippen molar-refractivity contribution in [3.63, 3.8) is 0 Å². The van der Waals surface area contributed by atoms with Gasteiger partial charge < -0.3 is 9.84 Å². The van der Waals surface area contributed by atoms with Gasteiger partial charge in [0.15, 0.2) is 5.82 Å². The van der Waals surface area contributed by atoms with Crippen LogP contribution in [-0.2, 0) is 6.54 Å². The fourth-order valence-corrected chi connectivity index (χ4v) is 3.49. The van der Waals surface area contributed by atoms with Crippen LogP contribution in [-0.4, -0.2) is 22.0 Å². The molecule has 0 aliphatic heterocycles. The molecule has 0 radical (unpaired) electrons. The Morgan fingerprint density at radius 1 is 1.48 bits per heavy atom. The van der Waals surface area contributed by atoms with Gasteiger partial charge in [0.1, 0.15) is 0 Å². The SMILES string of the molecule is Cc1ccsc1C(=O)NCc1nc(C2CCC(F)(F)CC2)no1. The number of halogens is 2. The Balaban J connectivity index is 1.56. The van der Waals surface area contributed by atoms with Crippen molar-refractivity contribution in [1.82, 2.24) is 15.5 Å². The predicted octanol–water partition coefficient (Wildman–Crippen LogP) is 3.66. The van der Waals surface area contributed by atoms with Gasteiger partial charge in [-0.05, 0) is 36.8 Å². The Labute approximate surface area is 136 Å². The second-order valence-corrected chi connectivity index (χ2v) is 6.71. The van der Waals surface area contributed by atoms with Crippen LogP contribution in [0.5, 0.6) is 0 Å². The van der Waals surface area contributed by atoms with E-state index in [0.29, 0.717) is 29.4 Å². The molecule has 2 aromatic rings. The molecule has 1 N–H and O–H groups in total. The molecular weight excluding hydrogens is 324 g/mol. The molecule has 2 aromatic heterocycles. The van der Waals surface area contributed by atoms with Gasteiger partial charge in [0.25, 0.3) is 5.91 Å². The molecule has 5 nitrogen and oxygen atoms in total. The molecule has 0 spiro atoms. The molecule has 3 rings (SSSR count). The largest absolute Gasteiger partial charge is 0.342 e. The second kappa shape index (κ2) is 6.35. The van der Waals surface area contributed by atoms with Crippen molar-refractivity contribution in [1.29, 1.82) is 0 Å². The van der Waals surface area contributed by atoms with E-state index in [0.717, 1.165) is 5.56 Å². The average molecular weight is 341 g/mol. The quantitative estimate of drug-likeness (QED) is 0.921. The number of carbonyl (C=O) groups is 1. The molecule has 2 heterocycles. The van der Waals surface area contributed by atoms with Crippen molar-refractivity contribution >= 4 is 17.2 Å². The van der Waals surface area contributed by atoms with E-state index >= 15 is 0 Å². The number of thiophene rings is 1. The molecule has 1 saturated carbocycles. The Hall–Kier alpha value is -1.83. The van der Waals surface area contributed by atoms with Crippen molar-refractivity contribution in [2.45, 2.75) is 51.0 Å². The van der Waals surface area contributed by atoms with Gasteiger partial charge in [-0.2, -0.15) is 4.98 Å². The highest BCUT2D eigenvalue weighted by molar-refractivity contribution is 7.12. The molecule has 1 fully saturated rings. The summed E-state index contributed by atoms with van der Waals surface area (Å²) < 4.78 is 31.4. The number of nitrogens with one attached hydrogen (secondary N) is 1. The van der Waals surface area contributed by atoms with Gasteiger partial charge in [-0.1, -0.05) is 5.16 Å². The third-order valence-corrected chi connectivity index (χ3v) is 5.05. The second-order valence-electron chi connectivity index (χ2n) is 5.79. The first-order chi connectivity index (χ1) is 10.9. The molecule has 0 bridgehead atoms. The molecule has 1 aliphatic rings. The van der Waals surface area contributed by atoms with Crippen molar-refractivity contribution in [3.8, 4) is 0 Å². The number of carbonyl (C=O) groups excluding carboxylic acids is 1. The maximum absolute atomic E-state index is 13.2. The Bertz CT molecular complexity index is 688. The lowest BCUT2D eigenvalue weighted by molar-refractivity contribution is -0.0389. The number of amides is 1. The van der Waals surface area contributed by atoms with Crippen LogP contribution < -0.4 is 5.32 Å². The average Bonchev–Trinajstić information content (AvgIpc) is 3.14. The van der Waals surface area contributed by atoms with Crippen LogP contribution in [0, 0.1) is 6.92 Å². The first-order valence-corrected chi connectivity index (χ1v) is 8.35. The topological polar surface area (TPSA) is 68.0 Å².